The van der Waals surface area contributed by atoms with Crippen LogP contribution >= 0.6 is 0 Å². The third-order valence-electron chi connectivity index (χ3n) is 6.13. The quantitative estimate of drug-likeness (QED) is 0.729. The van der Waals surface area contributed by atoms with E-state index >= 15 is 0 Å². The van der Waals surface area contributed by atoms with Crippen molar-refractivity contribution in [1.82, 2.24) is 14.2 Å². The molecule has 0 N–H and O–H groups in total. The molecular formula is C21H28N4O4S. The van der Waals surface area contributed by atoms with Crippen molar-refractivity contribution in [2.24, 2.45) is 5.92 Å². The summed E-state index contributed by atoms with van der Waals surface area (Å²) in [6.45, 7) is 3.32. The Morgan fingerprint density at radius 1 is 1.07 bits per heavy atom. The highest BCUT2D eigenvalue weighted by atomic mass is 32.2. The lowest BCUT2D eigenvalue weighted by Gasteiger charge is -2.38. The summed E-state index contributed by atoms with van der Waals surface area (Å²) in [5.74, 6) is 0.952. The predicted molar refractivity (Wildman–Crippen MR) is 116 cm³/mol. The number of pyridine rings is 1. The number of piperazine rings is 1. The molecule has 1 amide bonds. The second-order valence-corrected chi connectivity index (χ2v) is 9.94. The molecule has 9 heteroatoms. The fourth-order valence-corrected chi connectivity index (χ4v) is 5.21. The summed E-state index contributed by atoms with van der Waals surface area (Å²) in [5, 5.41) is 1.05. The summed E-state index contributed by atoms with van der Waals surface area (Å²) in [4.78, 5) is 21.6. The molecule has 0 saturated carbocycles. The molecule has 2 aliphatic heterocycles. The highest BCUT2D eigenvalue weighted by Crippen LogP contribution is 2.32. The summed E-state index contributed by atoms with van der Waals surface area (Å²) in [6.07, 6.45) is 4.62. The Hall–Kier alpha value is -2.39. The van der Waals surface area contributed by atoms with Gasteiger partial charge in [-0.1, -0.05) is 0 Å². The number of carbonyl (C=O) groups is 1. The van der Waals surface area contributed by atoms with E-state index in [0.717, 1.165) is 48.3 Å². The van der Waals surface area contributed by atoms with Gasteiger partial charge in [0.15, 0.2) is 0 Å². The summed E-state index contributed by atoms with van der Waals surface area (Å²) in [5.41, 5.74) is 2.04. The highest BCUT2D eigenvalue weighted by Gasteiger charge is 2.32. The fourth-order valence-electron chi connectivity index (χ4n) is 4.38. The van der Waals surface area contributed by atoms with Crippen LogP contribution in [0.25, 0.3) is 10.9 Å². The Bertz CT molecular complexity index is 1030. The van der Waals surface area contributed by atoms with Gasteiger partial charge in [0, 0.05) is 62.5 Å². The first-order valence-electron chi connectivity index (χ1n) is 10.3. The summed E-state index contributed by atoms with van der Waals surface area (Å²) < 4.78 is 30.2. The van der Waals surface area contributed by atoms with Gasteiger partial charge < -0.3 is 14.5 Å². The number of hydrogen-bond acceptors (Lipinski definition) is 6. The zero-order valence-corrected chi connectivity index (χ0v) is 18.3. The second kappa shape index (κ2) is 8.39. The number of benzene rings is 1. The van der Waals surface area contributed by atoms with Crippen molar-refractivity contribution in [3.63, 3.8) is 0 Å². The van der Waals surface area contributed by atoms with Crippen LogP contribution < -0.4 is 9.64 Å². The Morgan fingerprint density at radius 3 is 2.40 bits per heavy atom. The summed E-state index contributed by atoms with van der Waals surface area (Å²) >= 11 is 0. The molecule has 2 aliphatic rings. The Morgan fingerprint density at radius 2 is 1.77 bits per heavy atom. The molecule has 2 aromatic rings. The minimum Gasteiger partial charge on any atom is -0.497 e. The maximum absolute atomic E-state index is 13.0. The number of amides is 1. The highest BCUT2D eigenvalue weighted by molar-refractivity contribution is 7.88. The monoisotopic (exact) mass is 432 g/mol. The summed E-state index contributed by atoms with van der Waals surface area (Å²) in [6, 6.07) is 7.90. The number of fused-ring (bicyclic) bond motifs is 1. The normalized spacial score (nSPS) is 19.3. The molecule has 3 heterocycles. The maximum atomic E-state index is 13.0. The van der Waals surface area contributed by atoms with Crippen molar-refractivity contribution in [2.45, 2.75) is 12.8 Å². The van der Waals surface area contributed by atoms with Crippen LogP contribution in [0.5, 0.6) is 5.75 Å². The standard InChI is InChI=1S/C21H28N4O4S/c1-29-17-3-4-19-18(15-17)20(5-8-22-19)23-9-6-16(7-10-23)21(26)24-11-13-25(14-12-24)30(2,27)28/h3-5,8,15-16H,6-7,9-14H2,1-2H3. The predicted octanol–water partition coefficient (Wildman–Crippen LogP) is 1.56. The number of carbonyl (C=O) groups excluding carboxylic acids is 1. The maximum Gasteiger partial charge on any atom is 0.225 e. The van der Waals surface area contributed by atoms with Gasteiger partial charge in [-0.15, -0.1) is 0 Å². The largest absolute Gasteiger partial charge is 0.497 e. The molecule has 0 radical (unpaired) electrons. The van der Waals surface area contributed by atoms with Crippen molar-refractivity contribution < 1.29 is 17.9 Å². The number of methoxy groups -OCH3 is 1. The number of piperidine rings is 1. The van der Waals surface area contributed by atoms with Crippen LogP contribution in [0.1, 0.15) is 12.8 Å². The molecule has 30 heavy (non-hydrogen) atoms. The van der Waals surface area contributed by atoms with E-state index in [1.807, 2.05) is 35.4 Å². The average Bonchev–Trinajstić information content (AvgIpc) is 2.77. The molecular weight excluding hydrogens is 404 g/mol. The number of aromatic nitrogens is 1. The van der Waals surface area contributed by atoms with Crippen LogP contribution in [0, 0.1) is 5.92 Å². The van der Waals surface area contributed by atoms with E-state index in [9.17, 15) is 13.2 Å². The molecule has 8 nitrogen and oxygen atoms in total. The van der Waals surface area contributed by atoms with E-state index in [-0.39, 0.29) is 11.8 Å². The first-order chi connectivity index (χ1) is 14.4. The molecule has 0 atom stereocenters. The van der Waals surface area contributed by atoms with Crippen molar-refractivity contribution in [3.05, 3.63) is 30.5 Å². The Balaban J connectivity index is 1.40. The summed E-state index contributed by atoms with van der Waals surface area (Å²) in [7, 11) is -1.53. The van der Waals surface area contributed by atoms with Gasteiger partial charge in [-0.05, 0) is 37.1 Å². The zero-order valence-electron chi connectivity index (χ0n) is 17.5. The Kier molecular flexibility index (Phi) is 5.84. The number of nitrogens with zero attached hydrogens (tertiary/aromatic N) is 4. The number of anilines is 1. The lowest BCUT2D eigenvalue weighted by atomic mass is 9.94. The van der Waals surface area contributed by atoms with Crippen LogP contribution in [-0.2, 0) is 14.8 Å². The van der Waals surface area contributed by atoms with Crippen LogP contribution in [0.15, 0.2) is 30.5 Å². The van der Waals surface area contributed by atoms with Crippen molar-refractivity contribution >= 4 is 32.5 Å². The van der Waals surface area contributed by atoms with E-state index in [1.54, 1.807) is 7.11 Å². The van der Waals surface area contributed by atoms with Gasteiger partial charge in [-0.3, -0.25) is 9.78 Å². The van der Waals surface area contributed by atoms with E-state index in [1.165, 1.54) is 10.6 Å². The van der Waals surface area contributed by atoms with Crippen molar-refractivity contribution in [2.75, 3.05) is 57.5 Å². The van der Waals surface area contributed by atoms with E-state index in [2.05, 4.69) is 9.88 Å². The van der Waals surface area contributed by atoms with E-state index in [0.29, 0.717) is 26.2 Å². The number of ether oxygens (including phenoxy) is 1. The van der Waals surface area contributed by atoms with Gasteiger partial charge in [0.25, 0.3) is 0 Å². The molecule has 162 valence electrons. The van der Waals surface area contributed by atoms with Gasteiger partial charge >= 0.3 is 0 Å². The lowest BCUT2D eigenvalue weighted by Crippen LogP contribution is -2.52. The van der Waals surface area contributed by atoms with Crippen LogP contribution in [0.2, 0.25) is 0 Å². The van der Waals surface area contributed by atoms with Crippen molar-refractivity contribution in [1.29, 1.82) is 0 Å². The molecule has 2 fully saturated rings. The van der Waals surface area contributed by atoms with E-state index < -0.39 is 10.0 Å². The first-order valence-corrected chi connectivity index (χ1v) is 12.1. The van der Waals surface area contributed by atoms with Gasteiger partial charge in [0.2, 0.25) is 15.9 Å². The van der Waals surface area contributed by atoms with Gasteiger partial charge in [0.05, 0.1) is 18.9 Å². The minimum atomic E-state index is -3.19. The molecule has 2 saturated heterocycles. The van der Waals surface area contributed by atoms with Gasteiger partial charge in [-0.25, -0.2) is 8.42 Å². The lowest BCUT2D eigenvalue weighted by molar-refractivity contribution is -0.137. The molecule has 1 aromatic heterocycles. The van der Waals surface area contributed by atoms with Crippen LogP contribution in [0.4, 0.5) is 5.69 Å². The SMILES string of the molecule is COc1ccc2nccc(N3CCC(C(=O)N4CCN(S(C)(=O)=O)CC4)CC3)c2c1. The molecule has 0 bridgehead atoms. The second-order valence-electron chi connectivity index (χ2n) is 7.96. The average molecular weight is 433 g/mol. The molecule has 0 spiro atoms. The Labute approximate surface area is 177 Å². The van der Waals surface area contributed by atoms with Gasteiger partial charge in [-0.2, -0.15) is 4.31 Å². The van der Waals surface area contributed by atoms with Gasteiger partial charge in [0.1, 0.15) is 5.75 Å². The van der Waals surface area contributed by atoms with Crippen LogP contribution in [-0.4, -0.2) is 81.1 Å². The van der Waals surface area contributed by atoms with E-state index in [4.69, 9.17) is 4.74 Å². The minimum absolute atomic E-state index is 0.00586. The molecule has 0 unspecified atom stereocenters. The third kappa shape index (κ3) is 4.22. The van der Waals surface area contributed by atoms with Crippen LogP contribution in [0.3, 0.4) is 0 Å². The number of rotatable bonds is 4. The third-order valence-corrected chi connectivity index (χ3v) is 7.43. The fraction of sp³-hybridized carbons (Fsp3) is 0.524. The topological polar surface area (TPSA) is 83.1 Å². The van der Waals surface area contributed by atoms with Crippen molar-refractivity contribution in [3.8, 4) is 5.75 Å². The number of sulfonamides is 1. The molecule has 0 aliphatic carbocycles. The molecule has 4 rings (SSSR count). The first kappa shape index (κ1) is 20.9. The zero-order chi connectivity index (χ0) is 21.3. The molecule has 1 aromatic carbocycles. The smallest absolute Gasteiger partial charge is 0.225 e. The number of hydrogen-bond donors (Lipinski definition) is 0.